The summed E-state index contributed by atoms with van der Waals surface area (Å²) in [4.78, 5) is 20.6. The third-order valence-electron chi connectivity index (χ3n) is 1.80. The highest BCUT2D eigenvalue weighted by molar-refractivity contribution is 6.36. The molecule has 90 valence electrons. The summed E-state index contributed by atoms with van der Waals surface area (Å²) in [5.74, 6) is -0.0312. The van der Waals surface area contributed by atoms with Crippen molar-refractivity contribution in [3.8, 4) is 5.75 Å². The van der Waals surface area contributed by atoms with Gasteiger partial charge < -0.3 is 4.74 Å². The zero-order chi connectivity index (χ0) is 12.8. The van der Waals surface area contributed by atoms with Gasteiger partial charge in [0.1, 0.15) is 12.9 Å². The Bertz CT molecular complexity index is 473. The van der Waals surface area contributed by atoms with Crippen molar-refractivity contribution in [1.29, 1.82) is 0 Å². The highest BCUT2D eigenvalue weighted by atomic mass is 35.5. The number of carbonyl (C=O) groups is 1. The molecule has 17 heavy (non-hydrogen) atoms. The topological polar surface area (TPSA) is 69.4 Å². The van der Waals surface area contributed by atoms with Crippen LogP contribution in [0.15, 0.2) is 28.8 Å². The Labute approximate surface area is 107 Å². The van der Waals surface area contributed by atoms with E-state index in [1.54, 1.807) is 0 Å². The SMILES string of the molecule is O=Cc1ccc([N+](=O)[O-])c(OCC(Cl)=CCl)c1. The molecule has 1 aromatic rings. The molecule has 0 saturated heterocycles. The fraction of sp³-hybridized carbons (Fsp3) is 0.100. The summed E-state index contributed by atoms with van der Waals surface area (Å²) in [5.41, 5.74) is 1.13. The predicted molar refractivity (Wildman–Crippen MR) is 63.8 cm³/mol. The van der Waals surface area contributed by atoms with Crippen LogP contribution in [0.4, 0.5) is 5.69 Å². The molecule has 0 fully saturated rings. The standard InChI is InChI=1S/C10H7Cl2NO4/c11-4-8(12)6-17-10-3-7(5-14)1-2-9(10)13(15)16/h1-5H,6H2. The summed E-state index contributed by atoms with van der Waals surface area (Å²) in [6, 6.07) is 3.79. The van der Waals surface area contributed by atoms with Gasteiger partial charge in [-0.1, -0.05) is 23.2 Å². The second-order valence-electron chi connectivity index (χ2n) is 2.95. The van der Waals surface area contributed by atoms with Crippen LogP contribution in [-0.4, -0.2) is 17.8 Å². The monoisotopic (exact) mass is 275 g/mol. The Balaban J connectivity index is 3.01. The molecule has 0 atom stereocenters. The first-order valence-electron chi connectivity index (χ1n) is 4.39. The second kappa shape index (κ2) is 6.22. The number of nitrogens with zero attached hydrogens (tertiary/aromatic N) is 1. The van der Waals surface area contributed by atoms with E-state index in [1.807, 2.05) is 0 Å². The van der Waals surface area contributed by atoms with Crippen molar-refractivity contribution in [3.05, 3.63) is 44.4 Å². The number of nitro groups is 1. The number of ether oxygens (including phenoxy) is 1. The van der Waals surface area contributed by atoms with E-state index in [0.29, 0.717) is 6.29 Å². The number of benzene rings is 1. The summed E-state index contributed by atoms with van der Waals surface area (Å²) in [6.07, 6.45) is 0.565. The average molecular weight is 276 g/mol. The Morgan fingerprint density at radius 1 is 1.53 bits per heavy atom. The second-order valence-corrected chi connectivity index (χ2v) is 3.65. The zero-order valence-corrected chi connectivity index (χ0v) is 9.94. The fourth-order valence-corrected chi connectivity index (χ4v) is 1.17. The maximum Gasteiger partial charge on any atom is 0.310 e. The minimum Gasteiger partial charge on any atom is -0.481 e. The van der Waals surface area contributed by atoms with Gasteiger partial charge in [0.05, 0.1) is 9.96 Å². The van der Waals surface area contributed by atoms with Crippen LogP contribution < -0.4 is 4.74 Å². The van der Waals surface area contributed by atoms with E-state index in [1.165, 1.54) is 18.2 Å². The summed E-state index contributed by atoms with van der Waals surface area (Å²) in [5, 5.41) is 10.9. The minimum atomic E-state index is -0.609. The summed E-state index contributed by atoms with van der Waals surface area (Å²) < 4.78 is 5.11. The smallest absolute Gasteiger partial charge is 0.310 e. The van der Waals surface area contributed by atoms with Gasteiger partial charge in [-0.3, -0.25) is 14.9 Å². The molecule has 0 aliphatic rings. The number of rotatable bonds is 5. The van der Waals surface area contributed by atoms with E-state index in [2.05, 4.69) is 0 Å². The molecular weight excluding hydrogens is 269 g/mol. The van der Waals surface area contributed by atoms with Gasteiger partial charge in [-0.2, -0.15) is 0 Å². The molecule has 0 heterocycles. The van der Waals surface area contributed by atoms with Gasteiger partial charge in [0, 0.05) is 17.2 Å². The largest absolute Gasteiger partial charge is 0.481 e. The van der Waals surface area contributed by atoms with Crippen LogP contribution in [-0.2, 0) is 0 Å². The van der Waals surface area contributed by atoms with E-state index in [9.17, 15) is 14.9 Å². The molecule has 1 aromatic carbocycles. The Hall–Kier alpha value is -1.59. The molecule has 7 heteroatoms. The summed E-state index contributed by atoms with van der Waals surface area (Å²) >= 11 is 10.9. The predicted octanol–water partition coefficient (Wildman–Crippen LogP) is 3.11. The lowest BCUT2D eigenvalue weighted by Gasteiger charge is -2.06. The van der Waals surface area contributed by atoms with E-state index in [0.717, 1.165) is 5.54 Å². The number of carbonyl (C=O) groups excluding carboxylic acids is 1. The van der Waals surface area contributed by atoms with Crippen molar-refractivity contribution >= 4 is 35.2 Å². The number of nitro benzene ring substituents is 1. The highest BCUT2D eigenvalue weighted by Gasteiger charge is 2.15. The van der Waals surface area contributed by atoms with Gasteiger partial charge in [-0.25, -0.2) is 0 Å². The Morgan fingerprint density at radius 2 is 2.24 bits per heavy atom. The molecule has 1 rings (SSSR count). The van der Waals surface area contributed by atoms with Gasteiger partial charge in [0.25, 0.3) is 0 Å². The third kappa shape index (κ3) is 3.72. The van der Waals surface area contributed by atoms with E-state index in [4.69, 9.17) is 27.9 Å². The van der Waals surface area contributed by atoms with Crippen LogP contribution in [0.1, 0.15) is 10.4 Å². The van der Waals surface area contributed by atoms with Gasteiger partial charge in [0.2, 0.25) is 0 Å². The first kappa shape index (κ1) is 13.5. The molecule has 0 saturated carbocycles. The van der Waals surface area contributed by atoms with Crippen molar-refractivity contribution < 1.29 is 14.5 Å². The fourth-order valence-electron chi connectivity index (χ4n) is 1.05. The Morgan fingerprint density at radius 3 is 2.76 bits per heavy atom. The molecule has 5 nitrogen and oxygen atoms in total. The van der Waals surface area contributed by atoms with Crippen molar-refractivity contribution in [3.63, 3.8) is 0 Å². The van der Waals surface area contributed by atoms with E-state index >= 15 is 0 Å². The van der Waals surface area contributed by atoms with Crippen molar-refractivity contribution in [2.24, 2.45) is 0 Å². The van der Waals surface area contributed by atoms with Gasteiger partial charge in [-0.05, 0) is 12.1 Å². The Kier molecular flexibility index (Phi) is 4.93. The lowest BCUT2D eigenvalue weighted by atomic mass is 10.2. The normalized spacial score (nSPS) is 11.1. The molecule has 0 bridgehead atoms. The van der Waals surface area contributed by atoms with Crippen LogP contribution in [0.3, 0.4) is 0 Å². The van der Waals surface area contributed by atoms with Crippen LogP contribution in [0.2, 0.25) is 0 Å². The molecule has 0 amide bonds. The highest BCUT2D eigenvalue weighted by Crippen LogP contribution is 2.28. The van der Waals surface area contributed by atoms with Gasteiger partial charge in [-0.15, -0.1) is 0 Å². The minimum absolute atomic E-state index is 0.0312. The van der Waals surface area contributed by atoms with Gasteiger partial charge >= 0.3 is 5.69 Å². The molecule has 0 aliphatic heterocycles. The number of halogens is 2. The third-order valence-corrected chi connectivity index (χ3v) is 2.39. The van der Waals surface area contributed by atoms with Crippen LogP contribution >= 0.6 is 23.2 Å². The molecule has 0 spiro atoms. The van der Waals surface area contributed by atoms with E-state index < -0.39 is 4.92 Å². The van der Waals surface area contributed by atoms with Crippen LogP contribution in [0, 0.1) is 10.1 Å². The maximum atomic E-state index is 10.7. The lowest BCUT2D eigenvalue weighted by Crippen LogP contribution is -2.01. The molecule has 0 radical (unpaired) electrons. The summed E-state index contributed by atoms with van der Waals surface area (Å²) in [7, 11) is 0. The molecule has 0 aliphatic carbocycles. The molecule has 0 aromatic heterocycles. The lowest BCUT2D eigenvalue weighted by molar-refractivity contribution is -0.385. The number of aldehydes is 1. The molecule has 0 N–H and O–H groups in total. The van der Waals surface area contributed by atoms with Gasteiger partial charge in [0.15, 0.2) is 5.75 Å². The van der Waals surface area contributed by atoms with Crippen molar-refractivity contribution in [1.82, 2.24) is 0 Å². The number of hydrogen-bond donors (Lipinski definition) is 0. The van der Waals surface area contributed by atoms with E-state index in [-0.39, 0.29) is 28.6 Å². The first-order chi connectivity index (χ1) is 8.08. The zero-order valence-electron chi connectivity index (χ0n) is 8.43. The van der Waals surface area contributed by atoms with Crippen LogP contribution in [0.5, 0.6) is 5.75 Å². The quantitative estimate of drug-likeness (QED) is 0.470. The first-order valence-corrected chi connectivity index (χ1v) is 5.21. The average Bonchev–Trinajstić information content (AvgIpc) is 2.35. The van der Waals surface area contributed by atoms with Crippen LogP contribution in [0.25, 0.3) is 0 Å². The van der Waals surface area contributed by atoms with Crippen molar-refractivity contribution in [2.75, 3.05) is 6.61 Å². The number of hydrogen-bond acceptors (Lipinski definition) is 4. The molecule has 0 unspecified atom stereocenters. The van der Waals surface area contributed by atoms with Crippen molar-refractivity contribution in [2.45, 2.75) is 0 Å². The summed E-state index contributed by atoms with van der Waals surface area (Å²) in [6.45, 7) is -0.103. The molecular formula is C10H7Cl2NO4. The maximum absolute atomic E-state index is 10.7.